The lowest BCUT2D eigenvalue weighted by molar-refractivity contribution is -0.144. The molecule has 0 bridgehead atoms. The number of likely N-dealkylation sites (tertiary alicyclic amines) is 1. The van der Waals surface area contributed by atoms with Gasteiger partial charge in [-0.15, -0.1) is 0 Å². The summed E-state index contributed by atoms with van der Waals surface area (Å²) >= 11 is 0. The third-order valence-corrected chi connectivity index (χ3v) is 4.97. The molecule has 1 spiro atoms. The number of amides is 3. The molecule has 0 aromatic rings. The van der Waals surface area contributed by atoms with E-state index in [9.17, 15) is 14.4 Å². The number of carbonyl (C=O) groups excluding carboxylic acids is 3. The number of urea groups is 1. The Balaban J connectivity index is 1.93. The maximum absolute atomic E-state index is 12.5. The fourth-order valence-electron chi connectivity index (χ4n) is 3.36. The van der Waals surface area contributed by atoms with Crippen LogP contribution in [-0.2, 0) is 14.3 Å². The highest BCUT2D eigenvalue weighted by Gasteiger charge is 2.46. The molecule has 2 rings (SSSR count). The first-order valence-electron chi connectivity index (χ1n) is 8.62. The second-order valence-corrected chi connectivity index (χ2v) is 6.47. The highest BCUT2D eigenvalue weighted by molar-refractivity contribution is 5.87. The summed E-state index contributed by atoms with van der Waals surface area (Å²) in [4.78, 5) is 40.2. The summed E-state index contributed by atoms with van der Waals surface area (Å²) in [5.41, 5.74) is -0.528. The molecule has 8 nitrogen and oxygen atoms in total. The van der Waals surface area contributed by atoms with Gasteiger partial charge in [0.1, 0.15) is 11.6 Å². The topological polar surface area (TPSA) is 91.0 Å². The molecule has 2 saturated heterocycles. The Morgan fingerprint density at radius 1 is 1.33 bits per heavy atom. The van der Waals surface area contributed by atoms with Crippen molar-refractivity contribution in [1.82, 2.24) is 20.4 Å². The predicted molar refractivity (Wildman–Crippen MR) is 88.4 cm³/mol. The Morgan fingerprint density at radius 2 is 2.00 bits per heavy atom. The SMILES string of the molecule is CCOC(=O)[C@H](C)NC(=O)N1CCC2(CC1)C(=O)NCCCN2C. The van der Waals surface area contributed by atoms with Crippen molar-refractivity contribution in [3.8, 4) is 0 Å². The molecule has 0 aromatic carbocycles. The van der Waals surface area contributed by atoms with Crippen LogP contribution in [0, 0.1) is 0 Å². The van der Waals surface area contributed by atoms with Gasteiger partial charge in [-0.1, -0.05) is 0 Å². The van der Waals surface area contributed by atoms with Crippen LogP contribution in [0.3, 0.4) is 0 Å². The maximum atomic E-state index is 12.5. The van der Waals surface area contributed by atoms with Gasteiger partial charge in [0, 0.05) is 26.2 Å². The summed E-state index contributed by atoms with van der Waals surface area (Å²) in [7, 11) is 1.98. The van der Waals surface area contributed by atoms with Gasteiger partial charge in [0.15, 0.2) is 0 Å². The molecule has 24 heavy (non-hydrogen) atoms. The Kier molecular flexibility index (Phi) is 6.04. The van der Waals surface area contributed by atoms with Crippen molar-refractivity contribution in [1.29, 1.82) is 0 Å². The number of nitrogens with zero attached hydrogens (tertiary/aromatic N) is 2. The number of carbonyl (C=O) groups is 3. The monoisotopic (exact) mass is 340 g/mol. The van der Waals surface area contributed by atoms with Crippen molar-refractivity contribution in [2.45, 2.75) is 44.7 Å². The van der Waals surface area contributed by atoms with Gasteiger partial charge < -0.3 is 20.3 Å². The average molecular weight is 340 g/mol. The van der Waals surface area contributed by atoms with E-state index in [4.69, 9.17) is 4.74 Å². The van der Waals surface area contributed by atoms with E-state index in [1.165, 1.54) is 0 Å². The molecule has 2 aliphatic heterocycles. The summed E-state index contributed by atoms with van der Waals surface area (Å²) in [6, 6.07) is -0.973. The van der Waals surface area contributed by atoms with Gasteiger partial charge in [0.2, 0.25) is 5.91 Å². The zero-order valence-electron chi connectivity index (χ0n) is 14.8. The quantitative estimate of drug-likeness (QED) is 0.702. The number of piperidine rings is 1. The van der Waals surface area contributed by atoms with Crippen LogP contribution in [0.4, 0.5) is 4.79 Å². The average Bonchev–Trinajstić information content (AvgIpc) is 2.70. The van der Waals surface area contributed by atoms with E-state index in [0.717, 1.165) is 13.0 Å². The fourth-order valence-corrected chi connectivity index (χ4v) is 3.36. The molecule has 0 unspecified atom stereocenters. The molecule has 136 valence electrons. The van der Waals surface area contributed by atoms with Crippen LogP contribution in [0.15, 0.2) is 0 Å². The number of likely N-dealkylation sites (N-methyl/N-ethyl adjacent to an activating group) is 1. The van der Waals surface area contributed by atoms with E-state index in [1.54, 1.807) is 18.7 Å². The summed E-state index contributed by atoms with van der Waals surface area (Å²) in [6.07, 6.45) is 2.12. The molecule has 2 aliphatic rings. The van der Waals surface area contributed by atoms with Crippen molar-refractivity contribution in [2.75, 3.05) is 39.8 Å². The van der Waals surface area contributed by atoms with Crippen LogP contribution < -0.4 is 10.6 Å². The van der Waals surface area contributed by atoms with E-state index >= 15 is 0 Å². The zero-order valence-corrected chi connectivity index (χ0v) is 14.8. The Morgan fingerprint density at radius 3 is 2.62 bits per heavy atom. The van der Waals surface area contributed by atoms with Gasteiger partial charge in [-0.25, -0.2) is 9.59 Å². The second kappa shape index (κ2) is 7.83. The molecule has 8 heteroatoms. The van der Waals surface area contributed by atoms with Gasteiger partial charge in [0.25, 0.3) is 0 Å². The van der Waals surface area contributed by atoms with Gasteiger partial charge in [-0.05, 0) is 40.2 Å². The Bertz CT molecular complexity index is 488. The third-order valence-electron chi connectivity index (χ3n) is 4.97. The third kappa shape index (κ3) is 3.80. The molecular formula is C16H28N4O4. The first-order chi connectivity index (χ1) is 11.4. The second-order valence-electron chi connectivity index (χ2n) is 6.47. The van der Waals surface area contributed by atoms with Crippen LogP contribution in [0.2, 0.25) is 0 Å². The normalized spacial score (nSPS) is 22.5. The first-order valence-corrected chi connectivity index (χ1v) is 8.62. The van der Waals surface area contributed by atoms with Crippen molar-refractivity contribution in [3.63, 3.8) is 0 Å². The summed E-state index contributed by atoms with van der Waals surface area (Å²) in [5, 5.41) is 5.64. The molecule has 0 aliphatic carbocycles. The van der Waals surface area contributed by atoms with Gasteiger partial charge >= 0.3 is 12.0 Å². The molecule has 2 N–H and O–H groups in total. The number of hydrogen-bond donors (Lipinski definition) is 2. The molecule has 2 heterocycles. The van der Waals surface area contributed by atoms with Crippen LogP contribution in [0.1, 0.15) is 33.1 Å². The lowest BCUT2D eigenvalue weighted by Gasteiger charge is -2.44. The van der Waals surface area contributed by atoms with Crippen molar-refractivity contribution >= 4 is 17.9 Å². The standard InChI is InChI=1S/C16H28N4O4/c1-4-24-13(21)12(2)18-15(23)20-10-6-16(7-11-20)14(22)17-8-5-9-19(16)3/h12H,4-11H2,1-3H3,(H,17,22)(H,18,23)/t12-/m0/s1. The molecular weight excluding hydrogens is 312 g/mol. The largest absolute Gasteiger partial charge is 0.464 e. The van der Waals surface area contributed by atoms with Crippen molar-refractivity contribution < 1.29 is 19.1 Å². The fraction of sp³-hybridized carbons (Fsp3) is 0.812. The van der Waals surface area contributed by atoms with Crippen LogP contribution in [-0.4, -0.2) is 79.1 Å². The number of nitrogens with one attached hydrogen (secondary N) is 2. The first kappa shape index (κ1) is 18.5. The van der Waals surface area contributed by atoms with Crippen LogP contribution in [0.5, 0.6) is 0 Å². The number of rotatable bonds is 3. The molecule has 2 fully saturated rings. The molecule has 0 saturated carbocycles. The molecule has 0 aromatic heterocycles. The summed E-state index contributed by atoms with van der Waals surface area (Å²) < 4.78 is 4.89. The minimum absolute atomic E-state index is 0.0578. The van der Waals surface area contributed by atoms with Gasteiger partial charge in [-0.3, -0.25) is 9.69 Å². The van der Waals surface area contributed by atoms with Gasteiger partial charge in [-0.2, -0.15) is 0 Å². The highest BCUT2D eigenvalue weighted by atomic mass is 16.5. The lowest BCUT2D eigenvalue weighted by atomic mass is 9.85. The minimum Gasteiger partial charge on any atom is -0.464 e. The maximum Gasteiger partial charge on any atom is 0.328 e. The van der Waals surface area contributed by atoms with Crippen LogP contribution >= 0.6 is 0 Å². The highest BCUT2D eigenvalue weighted by Crippen LogP contribution is 2.29. The van der Waals surface area contributed by atoms with E-state index in [0.29, 0.717) is 32.5 Å². The lowest BCUT2D eigenvalue weighted by Crippen LogP contribution is -2.62. The molecule has 1 atom stereocenters. The molecule has 0 radical (unpaired) electrons. The Hall–Kier alpha value is -1.83. The van der Waals surface area contributed by atoms with Crippen molar-refractivity contribution in [3.05, 3.63) is 0 Å². The van der Waals surface area contributed by atoms with E-state index in [-0.39, 0.29) is 18.5 Å². The zero-order chi connectivity index (χ0) is 17.7. The molecule has 3 amide bonds. The van der Waals surface area contributed by atoms with E-state index in [2.05, 4.69) is 15.5 Å². The smallest absolute Gasteiger partial charge is 0.328 e. The van der Waals surface area contributed by atoms with Crippen molar-refractivity contribution in [2.24, 2.45) is 0 Å². The van der Waals surface area contributed by atoms with Gasteiger partial charge in [0.05, 0.1) is 6.61 Å². The van der Waals surface area contributed by atoms with Crippen LogP contribution in [0.25, 0.3) is 0 Å². The Labute approximate surface area is 142 Å². The summed E-state index contributed by atoms with van der Waals surface area (Å²) in [6.45, 7) is 6.15. The van der Waals surface area contributed by atoms with E-state index < -0.39 is 17.6 Å². The number of hydrogen-bond acceptors (Lipinski definition) is 5. The number of esters is 1. The minimum atomic E-state index is -0.683. The predicted octanol–water partition coefficient (Wildman–Crippen LogP) is -0.0661. The summed E-state index contributed by atoms with van der Waals surface area (Å²) in [5.74, 6) is -0.385. The van der Waals surface area contributed by atoms with E-state index in [1.807, 2.05) is 7.05 Å². The number of ether oxygens (including phenoxy) is 1.